The van der Waals surface area contributed by atoms with E-state index in [1.807, 2.05) is 7.05 Å². The average Bonchev–Trinajstić information content (AvgIpc) is 2.30. The molecule has 4 N–H and O–H groups in total. The Labute approximate surface area is 101 Å². The van der Waals surface area contributed by atoms with E-state index in [1.54, 1.807) is 18.2 Å². The van der Waals surface area contributed by atoms with Gasteiger partial charge in [-0.05, 0) is 31.8 Å². The zero-order chi connectivity index (χ0) is 12.8. The first kappa shape index (κ1) is 13.3. The minimum absolute atomic E-state index is 0.138. The van der Waals surface area contributed by atoms with E-state index in [9.17, 15) is 4.79 Å². The van der Waals surface area contributed by atoms with Gasteiger partial charge in [0.25, 0.3) is 0 Å². The molecule has 5 heteroatoms. The van der Waals surface area contributed by atoms with Gasteiger partial charge in [0.1, 0.15) is 0 Å². The molecule has 5 nitrogen and oxygen atoms in total. The van der Waals surface area contributed by atoms with E-state index < -0.39 is 5.97 Å². The molecule has 0 unspecified atom stereocenters. The number of carboxylic acid groups (broad SMARTS) is 1. The molecule has 1 aromatic rings. The van der Waals surface area contributed by atoms with Crippen molar-refractivity contribution in [3.63, 3.8) is 0 Å². The third-order valence-corrected chi connectivity index (χ3v) is 2.65. The fourth-order valence-electron chi connectivity index (χ4n) is 1.40. The summed E-state index contributed by atoms with van der Waals surface area (Å²) in [4.78, 5) is 13.1. The normalized spacial score (nSPS) is 10.5. The van der Waals surface area contributed by atoms with Crippen LogP contribution in [0.25, 0.3) is 0 Å². The van der Waals surface area contributed by atoms with Crippen molar-refractivity contribution in [2.24, 2.45) is 0 Å². The minimum atomic E-state index is -1.00. The number of hydrogen-bond acceptors (Lipinski definition) is 4. The Kier molecular flexibility index (Phi) is 4.78. The Morgan fingerprint density at radius 1 is 1.53 bits per heavy atom. The number of rotatable bonds is 6. The van der Waals surface area contributed by atoms with Crippen molar-refractivity contribution in [3.8, 4) is 0 Å². The van der Waals surface area contributed by atoms with Crippen LogP contribution in [0.15, 0.2) is 18.2 Å². The first-order valence-electron chi connectivity index (χ1n) is 5.59. The molecule has 0 amide bonds. The Hall–Kier alpha value is -1.75. The van der Waals surface area contributed by atoms with E-state index in [-0.39, 0.29) is 11.3 Å². The lowest BCUT2D eigenvalue weighted by molar-refractivity contribution is 0.0698. The highest BCUT2D eigenvalue weighted by atomic mass is 16.4. The predicted molar refractivity (Wildman–Crippen MR) is 69.5 cm³/mol. The van der Waals surface area contributed by atoms with Crippen LogP contribution in [0.4, 0.5) is 11.4 Å². The van der Waals surface area contributed by atoms with Crippen LogP contribution in [0, 0.1) is 0 Å². The molecular formula is C12H19N3O2. The maximum absolute atomic E-state index is 10.9. The summed E-state index contributed by atoms with van der Waals surface area (Å²) in [6.07, 6.45) is 0. The summed E-state index contributed by atoms with van der Waals surface area (Å²) in [7, 11) is 2.04. The Bertz CT molecular complexity index is 393. The molecule has 0 atom stereocenters. The molecule has 0 aliphatic heterocycles. The summed E-state index contributed by atoms with van der Waals surface area (Å²) in [6, 6.07) is 4.95. The monoisotopic (exact) mass is 237 g/mol. The van der Waals surface area contributed by atoms with Crippen molar-refractivity contribution in [1.29, 1.82) is 0 Å². The van der Waals surface area contributed by atoms with Gasteiger partial charge < -0.3 is 21.1 Å². The fraction of sp³-hybridized carbons (Fsp3) is 0.417. The first-order chi connectivity index (χ1) is 8.04. The fourth-order valence-corrected chi connectivity index (χ4v) is 1.40. The van der Waals surface area contributed by atoms with Gasteiger partial charge in [-0.3, -0.25) is 0 Å². The van der Waals surface area contributed by atoms with E-state index in [2.05, 4.69) is 17.1 Å². The lowest BCUT2D eigenvalue weighted by Crippen LogP contribution is -2.24. The van der Waals surface area contributed by atoms with Crippen molar-refractivity contribution < 1.29 is 9.90 Å². The third-order valence-electron chi connectivity index (χ3n) is 2.65. The Morgan fingerprint density at radius 3 is 2.82 bits per heavy atom. The average molecular weight is 237 g/mol. The molecule has 0 bridgehead atoms. The number of nitrogen functional groups attached to an aromatic ring is 1. The van der Waals surface area contributed by atoms with Crippen LogP contribution >= 0.6 is 0 Å². The van der Waals surface area contributed by atoms with Gasteiger partial charge in [-0.25, -0.2) is 4.79 Å². The van der Waals surface area contributed by atoms with Crippen LogP contribution in [-0.4, -0.2) is 42.7 Å². The van der Waals surface area contributed by atoms with Gasteiger partial charge in [-0.1, -0.05) is 6.92 Å². The molecule has 94 valence electrons. The van der Waals surface area contributed by atoms with Crippen LogP contribution < -0.4 is 11.1 Å². The van der Waals surface area contributed by atoms with Crippen LogP contribution in [0.3, 0.4) is 0 Å². The van der Waals surface area contributed by atoms with Crippen LogP contribution in [0.5, 0.6) is 0 Å². The zero-order valence-electron chi connectivity index (χ0n) is 10.2. The molecule has 0 spiro atoms. The molecule has 0 aliphatic rings. The Balaban J connectivity index is 2.60. The smallest absolute Gasteiger partial charge is 0.337 e. The van der Waals surface area contributed by atoms with E-state index in [1.165, 1.54) is 0 Å². The molecule has 0 fully saturated rings. The number of benzene rings is 1. The number of carboxylic acids is 1. The summed E-state index contributed by atoms with van der Waals surface area (Å²) in [5.74, 6) is -1.00. The minimum Gasteiger partial charge on any atom is -0.478 e. The van der Waals surface area contributed by atoms with Gasteiger partial charge in [-0.15, -0.1) is 0 Å². The molecule has 0 aromatic heterocycles. The molecule has 0 aliphatic carbocycles. The zero-order valence-corrected chi connectivity index (χ0v) is 10.2. The second-order valence-electron chi connectivity index (χ2n) is 3.93. The van der Waals surface area contributed by atoms with Crippen molar-refractivity contribution in [1.82, 2.24) is 4.90 Å². The molecule has 1 rings (SSSR count). The first-order valence-corrected chi connectivity index (χ1v) is 5.59. The third kappa shape index (κ3) is 3.96. The molecule has 17 heavy (non-hydrogen) atoms. The lowest BCUT2D eigenvalue weighted by atomic mass is 10.1. The maximum atomic E-state index is 10.9. The number of likely N-dealkylation sites (N-methyl/N-ethyl adjacent to an activating group) is 1. The summed E-state index contributed by atoms with van der Waals surface area (Å²) >= 11 is 0. The van der Waals surface area contributed by atoms with Crippen LogP contribution in [0.2, 0.25) is 0 Å². The standard InChI is InChI=1S/C12H19N3O2/c1-3-15(2)7-6-14-9-4-5-11(13)10(8-9)12(16)17/h4-5,8,14H,3,6-7,13H2,1-2H3,(H,16,17). The summed E-state index contributed by atoms with van der Waals surface area (Å²) in [6.45, 7) is 4.76. The van der Waals surface area contributed by atoms with Gasteiger partial charge in [0, 0.05) is 24.5 Å². The summed E-state index contributed by atoms with van der Waals surface area (Å²) in [5.41, 5.74) is 6.77. The second-order valence-corrected chi connectivity index (χ2v) is 3.93. The molecule has 0 heterocycles. The highest BCUT2D eigenvalue weighted by Gasteiger charge is 2.08. The summed E-state index contributed by atoms with van der Waals surface area (Å²) < 4.78 is 0. The number of hydrogen-bond donors (Lipinski definition) is 3. The Morgan fingerprint density at radius 2 is 2.24 bits per heavy atom. The van der Waals surface area contributed by atoms with E-state index >= 15 is 0 Å². The number of aromatic carboxylic acids is 1. The number of carbonyl (C=O) groups is 1. The van der Waals surface area contributed by atoms with Gasteiger partial charge in [0.2, 0.25) is 0 Å². The molecule has 1 aromatic carbocycles. The SMILES string of the molecule is CCN(C)CCNc1ccc(N)c(C(=O)O)c1. The van der Waals surface area contributed by atoms with E-state index in [0.29, 0.717) is 0 Å². The van der Waals surface area contributed by atoms with Crippen molar-refractivity contribution in [2.75, 3.05) is 37.7 Å². The number of nitrogens with zero attached hydrogens (tertiary/aromatic N) is 1. The van der Waals surface area contributed by atoms with Crippen LogP contribution in [0.1, 0.15) is 17.3 Å². The number of nitrogens with one attached hydrogen (secondary N) is 1. The topological polar surface area (TPSA) is 78.6 Å². The van der Waals surface area contributed by atoms with E-state index in [0.717, 1.165) is 25.3 Å². The van der Waals surface area contributed by atoms with Crippen molar-refractivity contribution in [2.45, 2.75) is 6.92 Å². The highest BCUT2D eigenvalue weighted by molar-refractivity contribution is 5.94. The quantitative estimate of drug-likeness (QED) is 0.650. The van der Waals surface area contributed by atoms with Crippen molar-refractivity contribution in [3.05, 3.63) is 23.8 Å². The van der Waals surface area contributed by atoms with Gasteiger partial charge in [0.05, 0.1) is 5.56 Å². The second kappa shape index (κ2) is 6.10. The molecule has 0 radical (unpaired) electrons. The summed E-state index contributed by atoms with van der Waals surface area (Å²) in [5, 5.41) is 12.1. The molecule has 0 saturated heterocycles. The van der Waals surface area contributed by atoms with Gasteiger partial charge in [0.15, 0.2) is 0 Å². The molecule has 0 saturated carbocycles. The maximum Gasteiger partial charge on any atom is 0.337 e. The molecular weight excluding hydrogens is 218 g/mol. The number of nitrogens with two attached hydrogens (primary N) is 1. The highest BCUT2D eigenvalue weighted by Crippen LogP contribution is 2.17. The van der Waals surface area contributed by atoms with E-state index in [4.69, 9.17) is 10.8 Å². The van der Waals surface area contributed by atoms with Crippen molar-refractivity contribution >= 4 is 17.3 Å². The lowest BCUT2D eigenvalue weighted by Gasteiger charge is -2.15. The van der Waals surface area contributed by atoms with Gasteiger partial charge >= 0.3 is 5.97 Å². The number of anilines is 2. The predicted octanol–water partition coefficient (Wildman–Crippen LogP) is 1.33. The largest absolute Gasteiger partial charge is 0.478 e. The van der Waals surface area contributed by atoms with Gasteiger partial charge in [-0.2, -0.15) is 0 Å². The van der Waals surface area contributed by atoms with Crippen LogP contribution in [-0.2, 0) is 0 Å².